The minimum absolute atomic E-state index is 0.0751. The van der Waals surface area contributed by atoms with Crippen LogP contribution in [0.15, 0.2) is 36.5 Å². The highest BCUT2D eigenvalue weighted by Crippen LogP contribution is 2.47. The molecule has 3 aromatic rings. The first-order chi connectivity index (χ1) is 14.7. The summed E-state index contributed by atoms with van der Waals surface area (Å²) < 4.78 is 6.56. The van der Waals surface area contributed by atoms with Gasteiger partial charge in [0.25, 0.3) is 0 Å². The van der Waals surface area contributed by atoms with Crippen LogP contribution in [0.25, 0.3) is 10.3 Å². The molecular formula is C23H26N4O2S. The molecule has 1 aliphatic heterocycles. The molecule has 1 aliphatic carbocycles. The van der Waals surface area contributed by atoms with Gasteiger partial charge >= 0.3 is 0 Å². The number of rotatable bonds is 7. The summed E-state index contributed by atoms with van der Waals surface area (Å²) in [7, 11) is 1.72. The van der Waals surface area contributed by atoms with Crippen LogP contribution in [-0.4, -0.2) is 35.6 Å². The first kappa shape index (κ1) is 19.5. The summed E-state index contributed by atoms with van der Waals surface area (Å²) in [4.78, 5) is 24.5. The molecule has 3 heterocycles. The number of thiazole rings is 1. The largest absolute Gasteiger partial charge is 0.380 e. The molecule has 7 heteroatoms. The van der Waals surface area contributed by atoms with Crippen molar-refractivity contribution in [3.05, 3.63) is 53.2 Å². The van der Waals surface area contributed by atoms with E-state index in [1.807, 2.05) is 36.5 Å². The highest BCUT2D eigenvalue weighted by atomic mass is 32.1. The number of methoxy groups -OCH3 is 1. The van der Waals surface area contributed by atoms with Crippen LogP contribution < -0.4 is 10.2 Å². The van der Waals surface area contributed by atoms with Gasteiger partial charge in [0.2, 0.25) is 5.91 Å². The zero-order valence-electron chi connectivity index (χ0n) is 17.1. The van der Waals surface area contributed by atoms with E-state index in [4.69, 9.17) is 9.72 Å². The van der Waals surface area contributed by atoms with Gasteiger partial charge in [-0.05, 0) is 42.7 Å². The second-order valence-corrected chi connectivity index (χ2v) is 9.09. The van der Waals surface area contributed by atoms with E-state index in [2.05, 4.69) is 15.2 Å². The molecule has 1 saturated heterocycles. The third-order valence-corrected chi connectivity index (χ3v) is 7.04. The molecule has 30 heavy (non-hydrogen) atoms. The standard InChI is InChI=1S/C23H26N4O2S/c1-29-14-17-13-24-21-20(19(17)16-9-10-16)30-23(26-21)27-11-5-8-18(27)22(28)25-12-15-6-3-2-4-7-15/h2-4,6-7,13,16,18H,5,8-12,14H2,1H3,(H,25,28)/t18-/m1/s1. The lowest BCUT2D eigenvalue weighted by molar-refractivity contribution is -0.122. The number of amides is 1. The molecule has 0 unspecified atom stereocenters. The number of benzene rings is 1. The highest BCUT2D eigenvalue weighted by Gasteiger charge is 2.34. The number of fused-ring (bicyclic) bond motifs is 1. The zero-order valence-corrected chi connectivity index (χ0v) is 18.0. The second kappa shape index (κ2) is 8.32. The number of nitrogens with one attached hydrogen (secondary N) is 1. The summed E-state index contributed by atoms with van der Waals surface area (Å²) >= 11 is 1.68. The maximum absolute atomic E-state index is 12.9. The molecular weight excluding hydrogens is 396 g/mol. The van der Waals surface area contributed by atoms with E-state index in [1.54, 1.807) is 18.4 Å². The minimum atomic E-state index is -0.169. The molecule has 2 fully saturated rings. The van der Waals surface area contributed by atoms with Crippen LogP contribution in [0.3, 0.4) is 0 Å². The van der Waals surface area contributed by atoms with Crippen LogP contribution in [-0.2, 0) is 22.7 Å². The Morgan fingerprint density at radius 2 is 2.10 bits per heavy atom. The van der Waals surface area contributed by atoms with Crippen molar-refractivity contribution in [3.63, 3.8) is 0 Å². The summed E-state index contributed by atoms with van der Waals surface area (Å²) in [5.74, 6) is 0.670. The molecule has 1 amide bonds. The Kier molecular flexibility index (Phi) is 5.39. The topological polar surface area (TPSA) is 67.4 Å². The SMILES string of the molecule is COCc1cnc2nc(N3CCC[C@@H]3C(=O)NCc3ccccc3)sc2c1C1CC1. The van der Waals surface area contributed by atoms with Crippen molar-refractivity contribution in [1.82, 2.24) is 15.3 Å². The van der Waals surface area contributed by atoms with Crippen LogP contribution in [0.1, 0.15) is 48.3 Å². The van der Waals surface area contributed by atoms with Gasteiger partial charge in [-0.3, -0.25) is 4.79 Å². The second-order valence-electron chi connectivity index (χ2n) is 8.11. The lowest BCUT2D eigenvalue weighted by Crippen LogP contribution is -2.43. The van der Waals surface area contributed by atoms with Gasteiger partial charge in [0.15, 0.2) is 10.8 Å². The number of hydrogen-bond donors (Lipinski definition) is 1. The molecule has 1 atom stereocenters. The van der Waals surface area contributed by atoms with Gasteiger partial charge in [-0.15, -0.1) is 0 Å². The van der Waals surface area contributed by atoms with Gasteiger partial charge in [-0.1, -0.05) is 41.7 Å². The van der Waals surface area contributed by atoms with Gasteiger partial charge in [0, 0.05) is 32.0 Å². The van der Waals surface area contributed by atoms with E-state index in [0.717, 1.165) is 40.4 Å². The Hall–Kier alpha value is -2.51. The number of anilines is 1. The zero-order chi connectivity index (χ0) is 20.5. The first-order valence-electron chi connectivity index (χ1n) is 10.6. The Morgan fingerprint density at radius 3 is 2.87 bits per heavy atom. The quantitative estimate of drug-likeness (QED) is 0.623. The predicted octanol–water partition coefficient (Wildman–Crippen LogP) is 4.00. The summed E-state index contributed by atoms with van der Waals surface area (Å²) in [5, 5.41) is 4.01. The number of aromatic nitrogens is 2. The number of ether oxygens (including phenoxy) is 1. The monoisotopic (exact) mass is 422 g/mol. The van der Waals surface area contributed by atoms with Gasteiger partial charge in [-0.25, -0.2) is 4.98 Å². The van der Waals surface area contributed by atoms with E-state index in [9.17, 15) is 4.79 Å². The highest BCUT2D eigenvalue weighted by molar-refractivity contribution is 7.22. The Balaban J connectivity index is 1.38. The fraction of sp³-hybridized carbons (Fsp3) is 0.435. The fourth-order valence-corrected chi connectivity index (χ4v) is 5.55. The average molecular weight is 423 g/mol. The van der Waals surface area contributed by atoms with Crippen LogP contribution in [0.5, 0.6) is 0 Å². The third-order valence-electron chi connectivity index (χ3n) is 5.93. The van der Waals surface area contributed by atoms with Crippen LogP contribution in [0, 0.1) is 0 Å². The molecule has 0 radical (unpaired) electrons. The number of carbonyl (C=O) groups is 1. The van der Waals surface area contributed by atoms with Crippen molar-refractivity contribution in [2.45, 2.75) is 50.8 Å². The Bertz CT molecular complexity index is 1050. The fourth-order valence-electron chi connectivity index (χ4n) is 4.30. The average Bonchev–Trinajstić information content (AvgIpc) is 3.32. The molecule has 6 nitrogen and oxygen atoms in total. The lowest BCUT2D eigenvalue weighted by Gasteiger charge is -2.23. The first-order valence-corrected chi connectivity index (χ1v) is 11.4. The smallest absolute Gasteiger partial charge is 0.243 e. The van der Waals surface area contributed by atoms with E-state index in [-0.39, 0.29) is 11.9 Å². The van der Waals surface area contributed by atoms with Gasteiger partial charge in [-0.2, -0.15) is 4.98 Å². The molecule has 1 aromatic carbocycles. The van der Waals surface area contributed by atoms with Crippen molar-refractivity contribution in [2.24, 2.45) is 0 Å². The maximum Gasteiger partial charge on any atom is 0.243 e. The van der Waals surface area contributed by atoms with Gasteiger partial charge in [0.05, 0.1) is 11.3 Å². The number of carbonyl (C=O) groups excluding carboxylic acids is 1. The maximum atomic E-state index is 12.9. The van der Waals surface area contributed by atoms with E-state index in [0.29, 0.717) is 19.1 Å². The van der Waals surface area contributed by atoms with Crippen LogP contribution in [0.4, 0.5) is 5.13 Å². The van der Waals surface area contributed by atoms with Crippen LogP contribution >= 0.6 is 11.3 Å². The molecule has 2 aromatic heterocycles. The summed E-state index contributed by atoms with van der Waals surface area (Å²) in [5.41, 5.74) is 4.43. The number of pyridine rings is 1. The molecule has 156 valence electrons. The summed E-state index contributed by atoms with van der Waals surface area (Å²) in [6, 6.07) is 9.86. The van der Waals surface area contributed by atoms with Crippen molar-refractivity contribution >= 4 is 32.7 Å². The van der Waals surface area contributed by atoms with Crippen molar-refractivity contribution in [3.8, 4) is 0 Å². The summed E-state index contributed by atoms with van der Waals surface area (Å²) in [6.07, 6.45) is 6.21. The number of nitrogens with zero attached hydrogens (tertiary/aromatic N) is 3. The molecule has 1 saturated carbocycles. The normalized spacial score (nSPS) is 18.8. The van der Waals surface area contributed by atoms with Crippen molar-refractivity contribution < 1.29 is 9.53 Å². The molecule has 2 aliphatic rings. The Labute approximate surface area is 180 Å². The predicted molar refractivity (Wildman–Crippen MR) is 119 cm³/mol. The number of hydrogen-bond acceptors (Lipinski definition) is 6. The van der Waals surface area contributed by atoms with E-state index < -0.39 is 0 Å². The van der Waals surface area contributed by atoms with Crippen molar-refractivity contribution in [2.75, 3.05) is 18.6 Å². The summed E-state index contributed by atoms with van der Waals surface area (Å²) in [6.45, 7) is 1.99. The van der Waals surface area contributed by atoms with Gasteiger partial charge in [0.1, 0.15) is 6.04 Å². The Morgan fingerprint density at radius 1 is 1.27 bits per heavy atom. The van der Waals surface area contributed by atoms with Crippen molar-refractivity contribution in [1.29, 1.82) is 0 Å². The van der Waals surface area contributed by atoms with E-state index in [1.165, 1.54) is 24.0 Å². The van der Waals surface area contributed by atoms with E-state index >= 15 is 0 Å². The third kappa shape index (κ3) is 3.79. The molecule has 0 bridgehead atoms. The molecule has 5 rings (SSSR count). The van der Waals surface area contributed by atoms with Gasteiger partial charge < -0.3 is 15.0 Å². The molecule has 0 spiro atoms. The molecule has 1 N–H and O–H groups in total. The van der Waals surface area contributed by atoms with Crippen LogP contribution in [0.2, 0.25) is 0 Å². The minimum Gasteiger partial charge on any atom is -0.380 e. The lowest BCUT2D eigenvalue weighted by atomic mass is 10.1.